The van der Waals surface area contributed by atoms with E-state index in [9.17, 15) is 19.2 Å². The number of benzene rings is 2. The highest BCUT2D eigenvalue weighted by molar-refractivity contribution is 6.04. The summed E-state index contributed by atoms with van der Waals surface area (Å²) in [5.41, 5.74) is -0.300. The Morgan fingerprint density at radius 1 is 0.791 bits per heavy atom. The van der Waals surface area contributed by atoms with E-state index in [1.165, 1.54) is 0 Å². The van der Waals surface area contributed by atoms with Gasteiger partial charge in [0, 0.05) is 11.3 Å². The summed E-state index contributed by atoms with van der Waals surface area (Å²) in [7, 11) is 0. The van der Waals surface area contributed by atoms with E-state index in [2.05, 4.69) is 17.2 Å². The maximum Gasteiger partial charge on any atom is 0.408 e. The van der Waals surface area contributed by atoms with E-state index in [1.807, 2.05) is 0 Å². The molecule has 0 heterocycles. The van der Waals surface area contributed by atoms with Crippen LogP contribution in [0.1, 0.15) is 83.8 Å². The molecule has 0 fully saturated rings. The molecule has 0 saturated carbocycles. The van der Waals surface area contributed by atoms with E-state index in [1.54, 1.807) is 117 Å². The minimum atomic E-state index is -1.59. The first kappa shape index (κ1) is 35.0. The molecule has 10 heteroatoms. The predicted molar refractivity (Wildman–Crippen MR) is 164 cm³/mol. The molecule has 0 saturated heterocycles. The van der Waals surface area contributed by atoms with Gasteiger partial charge in [0.15, 0.2) is 12.1 Å². The summed E-state index contributed by atoms with van der Waals surface area (Å²) < 4.78 is 22.4. The highest BCUT2D eigenvalue weighted by Crippen LogP contribution is 2.20. The largest absolute Gasteiger partial charge is 0.458 e. The molecule has 0 aromatic heterocycles. The van der Waals surface area contributed by atoms with Crippen LogP contribution in [0.5, 0.6) is 0 Å². The van der Waals surface area contributed by atoms with Crippen LogP contribution in [-0.2, 0) is 35.1 Å². The summed E-state index contributed by atoms with van der Waals surface area (Å²) in [5.74, 6) is -2.10. The van der Waals surface area contributed by atoms with Crippen molar-refractivity contribution in [3.05, 3.63) is 71.8 Å². The molecule has 0 aliphatic rings. The number of hydrogen-bond acceptors (Lipinski definition) is 8. The SMILES string of the molecule is C=Cc1ccc(C(=O)Nc2cccc(CO[C@H](C(=O)OC(C)(C)C)[C@H](NC(=O)OC(C)(C)C)C(=O)OC(C)(C)C)c2)cc1. The molecule has 0 radical (unpaired) electrons. The third kappa shape index (κ3) is 12.7. The Balaban J connectivity index is 2.34. The number of alkyl carbamates (subject to hydrolysis) is 1. The molecule has 0 bridgehead atoms. The van der Waals surface area contributed by atoms with Crippen LogP contribution in [0.2, 0.25) is 0 Å². The van der Waals surface area contributed by atoms with Crippen molar-refractivity contribution < 1.29 is 38.1 Å². The van der Waals surface area contributed by atoms with E-state index >= 15 is 0 Å². The Morgan fingerprint density at radius 2 is 1.35 bits per heavy atom. The number of carbonyl (C=O) groups excluding carboxylic acids is 4. The van der Waals surface area contributed by atoms with Gasteiger partial charge in [0.25, 0.3) is 5.91 Å². The number of hydrogen-bond donors (Lipinski definition) is 2. The Hall–Kier alpha value is -4.18. The van der Waals surface area contributed by atoms with Gasteiger partial charge in [-0.1, -0.05) is 36.9 Å². The maximum absolute atomic E-state index is 13.4. The lowest BCUT2D eigenvalue weighted by Crippen LogP contribution is -2.56. The minimum absolute atomic E-state index is 0.170. The zero-order valence-electron chi connectivity index (χ0n) is 26.5. The van der Waals surface area contributed by atoms with Crippen LogP contribution in [0.3, 0.4) is 0 Å². The number of amides is 2. The van der Waals surface area contributed by atoms with Gasteiger partial charge in [-0.15, -0.1) is 0 Å². The van der Waals surface area contributed by atoms with Crippen molar-refractivity contribution in [1.82, 2.24) is 5.32 Å². The molecule has 0 aliphatic carbocycles. The fraction of sp³-hybridized carbons (Fsp3) is 0.455. The van der Waals surface area contributed by atoms with Crippen LogP contribution in [0.15, 0.2) is 55.1 Å². The van der Waals surface area contributed by atoms with Crippen LogP contribution < -0.4 is 10.6 Å². The zero-order chi connectivity index (χ0) is 32.6. The van der Waals surface area contributed by atoms with Crippen molar-refractivity contribution in [2.75, 3.05) is 5.32 Å². The lowest BCUT2D eigenvalue weighted by Gasteiger charge is -2.31. The summed E-state index contributed by atoms with van der Waals surface area (Å²) in [6, 6.07) is 12.2. The van der Waals surface area contributed by atoms with Gasteiger partial charge in [-0.25, -0.2) is 14.4 Å². The summed E-state index contributed by atoms with van der Waals surface area (Å²) >= 11 is 0. The predicted octanol–water partition coefficient (Wildman–Crippen LogP) is 6.04. The van der Waals surface area contributed by atoms with E-state index in [-0.39, 0.29) is 12.5 Å². The lowest BCUT2D eigenvalue weighted by atomic mass is 10.1. The third-order valence-corrected chi connectivity index (χ3v) is 5.30. The highest BCUT2D eigenvalue weighted by atomic mass is 16.6. The van der Waals surface area contributed by atoms with Crippen molar-refractivity contribution in [2.45, 2.75) is 97.9 Å². The summed E-state index contributed by atoms with van der Waals surface area (Å²) in [6.45, 7) is 18.5. The van der Waals surface area contributed by atoms with E-state index < -0.39 is 47.0 Å². The summed E-state index contributed by atoms with van der Waals surface area (Å²) in [4.78, 5) is 52.2. The first-order valence-corrected chi connectivity index (χ1v) is 14.0. The Morgan fingerprint density at radius 3 is 1.88 bits per heavy atom. The second-order valence-corrected chi connectivity index (χ2v) is 12.9. The molecule has 2 aromatic carbocycles. The fourth-order valence-electron chi connectivity index (χ4n) is 3.62. The molecule has 10 nitrogen and oxygen atoms in total. The van der Waals surface area contributed by atoms with E-state index in [4.69, 9.17) is 18.9 Å². The molecule has 0 unspecified atom stereocenters. The number of esters is 2. The van der Waals surface area contributed by atoms with Crippen molar-refractivity contribution in [1.29, 1.82) is 0 Å². The van der Waals surface area contributed by atoms with Crippen LogP contribution in [0.25, 0.3) is 6.08 Å². The lowest BCUT2D eigenvalue weighted by molar-refractivity contribution is -0.180. The normalized spacial score (nSPS) is 13.2. The number of carbonyl (C=O) groups is 4. The third-order valence-electron chi connectivity index (χ3n) is 5.30. The molecule has 0 aliphatic heterocycles. The molecule has 2 amide bonds. The Labute approximate surface area is 254 Å². The number of ether oxygens (including phenoxy) is 4. The highest BCUT2D eigenvalue weighted by Gasteiger charge is 2.42. The molecule has 2 aromatic rings. The van der Waals surface area contributed by atoms with E-state index in [0.717, 1.165) is 5.56 Å². The number of anilines is 1. The van der Waals surface area contributed by atoms with Gasteiger partial charge in [-0.2, -0.15) is 0 Å². The standard InChI is InChI=1S/C33H44N2O8/c1-11-21-15-17-23(18-16-21)27(36)34-24-14-12-13-22(19-24)20-40-26(29(38)42-32(5,6)7)25(28(37)41-31(2,3)4)35-30(39)43-33(8,9)10/h11-19,25-26H,1,20H2,2-10H3,(H,34,36)(H,35,39)/t25-,26-/m0/s1. The molecule has 0 spiro atoms. The zero-order valence-corrected chi connectivity index (χ0v) is 26.5. The van der Waals surface area contributed by atoms with Crippen molar-refractivity contribution >= 4 is 35.7 Å². The minimum Gasteiger partial charge on any atom is -0.458 e. The Kier molecular flexibility index (Phi) is 11.7. The monoisotopic (exact) mass is 596 g/mol. The van der Waals surface area contributed by atoms with Gasteiger partial charge in [0.05, 0.1) is 6.61 Å². The molecule has 43 heavy (non-hydrogen) atoms. The quantitative estimate of drug-likeness (QED) is 0.251. The molecule has 2 N–H and O–H groups in total. The molecular weight excluding hydrogens is 552 g/mol. The van der Waals surface area contributed by atoms with Crippen molar-refractivity contribution in [3.63, 3.8) is 0 Å². The van der Waals surface area contributed by atoms with Crippen LogP contribution in [0, 0.1) is 0 Å². The van der Waals surface area contributed by atoms with Crippen molar-refractivity contribution in [3.8, 4) is 0 Å². The van der Waals surface area contributed by atoms with Gasteiger partial charge in [-0.3, -0.25) is 4.79 Å². The summed E-state index contributed by atoms with van der Waals surface area (Å²) in [5, 5.41) is 5.27. The number of nitrogens with one attached hydrogen (secondary N) is 2. The molecule has 234 valence electrons. The topological polar surface area (TPSA) is 129 Å². The van der Waals surface area contributed by atoms with Crippen LogP contribution in [0.4, 0.5) is 10.5 Å². The second-order valence-electron chi connectivity index (χ2n) is 12.9. The van der Waals surface area contributed by atoms with Gasteiger partial charge in [-0.05, 0) is 97.7 Å². The maximum atomic E-state index is 13.4. The smallest absolute Gasteiger partial charge is 0.408 e. The van der Waals surface area contributed by atoms with Gasteiger partial charge in [0.1, 0.15) is 16.8 Å². The second kappa shape index (κ2) is 14.3. The van der Waals surface area contributed by atoms with Gasteiger partial charge >= 0.3 is 18.0 Å². The van der Waals surface area contributed by atoms with Crippen molar-refractivity contribution in [2.24, 2.45) is 0 Å². The molecule has 2 atom stereocenters. The first-order valence-electron chi connectivity index (χ1n) is 14.0. The average Bonchev–Trinajstić information content (AvgIpc) is 2.85. The first-order chi connectivity index (χ1) is 19.8. The van der Waals surface area contributed by atoms with Gasteiger partial charge in [0.2, 0.25) is 0 Å². The average molecular weight is 597 g/mol. The Bertz CT molecular complexity index is 1300. The van der Waals surface area contributed by atoms with Crippen LogP contribution >= 0.6 is 0 Å². The fourth-order valence-corrected chi connectivity index (χ4v) is 3.62. The van der Waals surface area contributed by atoms with E-state index in [0.29, 0.717) is 16.8 Å². The van der Waals surface area contributed by atoms with Crippen LogP contribution in [-0.4, -0.2) is 52.9 Å². The molecular formula is C33H44N2O8. The summed E-state index contributed by atoms with van der Waals surface area (Å²) in [6.07, 6.45) is -0.846. The number of rotatable bonds is 10. The van der Waals surface area contributed by atoms with Gasteiger partial charge < -0.3 is 29.6 Å². The molecule has 2 rings (SSSR count).